The molecule has 1 rings (SSSR count). The molecule has 0 bridgehead atoms. The lowest BCUT2D eigenvalue weighted by molar-refractivity contribution is -0.137. The number of rotatable bonds is 5. The number of carbonyl (C=O) groups is 2. The summed E-state index contributed by atoms with van der Waals surface area (Å²) in [6.45, 7) is 3.83. The lowest BCUT2D eigenvalue weighted by Gasteiger charge is -2.27. The Bertz CT molecular complexity index is 510. The summed E-state index contributed by atoms with van der Waals surface area (Å²) >= 11 is 1.92. The Morgan fingerprint density at radius 3 is 2.65 bits per heavy atom. The van der Waals surface area contributed by atoms with E-state index in [0.29, 0.717) is 15.8 Å². The van der Waals surface area contributed by atoms with Crippen LogP contribution in [0.15, 0.2) is 18.2 Å². The van der Waals surface area contributed by atoms with Crippen LogP contribution >= 0.6 is 22.6 Å². The highest BCUT2D eigenvalue weighted by atomic mass is 127. The van der Waals surface area contributed by atoms with E-state index in [1.807, 2.05) is 22.6 Å². The van der Waals surface area contributed by atoms with Crippen LogP contribution in [0.25, 0.3) is 0 Å². The third-order valence-corrected chi connectivity index (χ3v) is 3.67. The molecule has 0 aliphatic rings. The summed E-state index contributed by atoms with van der Waals surface area (Å²) in [5.41, 5.74) is 0.498. The molecule has 1 aromatic carbocycles. The lowest BCUT2D eigenvalue weighted by Crippen LogP contribution is -2.42. The summed E-state index contributed by atoms with van der Waals surface area (Å²) in [5.74, 6) is -1.33. The zero-order chi connectivity index (χ0) is 15.3. The van der Waals surface area contributed by atoms with Crippen LogP contribution in [0.1, 0.15) is 20.3 Å². The summed E-state index contributed by atoms with van der Waals surface area (Å²) in [7, 11) is 0. The first-order chi connectivity index (χ1) is 9.35. The van der Waals surface area contributed by atoms with Gasteiger partial charge in [-0.3, -0.25) is 4.79 Å². The van der Waals surface area contributed by atoms with Gasteiger partial charge >= 0.3 is 12.0 Å². The van der Waals surface area contributed by atoms with Crippen molar-refractivity contribution in [3.05, 3.63) is 27.6 Å². The fourth-order valence-corrected chi connectivity index (χ4v) is 2.41. The van der Waals surface area contributed by atoms with Crippen LogP contribution in [-0.2, 0) is 4.79 Å². The first kappa shape index (κ1) is 16.7. The molecule has 0 aliphatic heterocycles. The molecule has 0 fully saturated rings. The standard InChI is InChI=1S/C13H16FIN2O3/c1-3-17(8(2)6-12(18)19)13(20)16-11-5-4-9(14)7-10(11)15/h4-5,7-8H,3,6H2,1-2H3,(H,16,20)(H,18,19). The van der Waals surface area contributed by atoms with Gasteiger partial charge in [0.2, 0.25) is 0 Å². The van der Waals surface area contributed by atoms with Gasteiger partial charge in [-0.05, 0) is 54.6 Å². The van der Waals surface area contributed by atoms with Crippen molar-refractivity contribution in [2.45, 2.75) is 26.3 Å². The van der Waals surface area contributed by atoms with Gasteiger partial charge in [0, 0.05) is 16.2 Å². The van der Waals surface area contributed by atoms with Crippen molar-refractivity contribution in [2.75, 3.05) is 11.9 Å². The number of anilines is 1. The van der Waals surface area contributed by atoms with E-state index in [9.17, 15) is 14.0 Å². The van der Waals surface area contributed by atoms with Crippen LogP contribution in [0.3, 0.4) is 0 Å². The van der Waals surface area contributed by atoms with Crippen molar-refractivity contribution in [3.63, 3.8) is 0 Å². The summed E-state index contributed by atoms with van der Waals surface area (Å²) in [4.78, 5) is 24.3. The largest absolute Gasteiger partial charge is 0.481 e. The van der Waals surface area contributed by atoms with Crippen LogP contribution in [0.2, 0.25) is 0 Å². The minimum Gasteiger partial charge on any atom is -0.481 e. The van der Waals surface area contributed by atoms with Crippen LogP contribution in [0.4, 0.5) is 14.9 Å². The number of amides is 2. The van der Waals surface area contributed by atoms with Crippen LogP contribution in [0, 0.1) is 9.39 Å². The van der Waals surface area contributed by atoms with E-state index in [4.69, 9.17) is 5.11 Å². The van der Waals surface area contributed by atoms with Gasteiger partial charge in [-0.2, -0.15) is 0 Å². The Labute approximate surface area is 130 Å². The van der Waals surface area contributed by atoms with Crippen molar-refractivity contribution < 1.29 is 19.1 Å². The van der Waals surface area contributed by atoms with Gasteiger partial charge in [-0.25, -0.2) is 9.18 Å². The van der Waals surface area contributed by atoms with Gasteiger partial charge in [-0.15, -0.1) is 0 Å². The van der Waals surface area contributed by atoms with Crippen LogP contribution in [-0.4, -0.2) is 34.6 Å². The number of nitrogens with zero attached hydrogens (tertiary/aromatic N) is 1. The van der Waals surface area contributed by atoms with Crippen molar-refractivity contribution in [1.82, 2.24) is 4.90 Å². The average molecular weight is 394 g/mol. The van der Waals surface area contributed by atoms with E-state index in [1.165, 1.54) is 23.1 Å². The first-order valence-electron chi connectivity index (χ1n) is 6.09. The SMILES string of the molecule is CCN(C(=O)Nc1ccc(F)cc1I)C(C)CC(=O)O. The number of carboxylic acid groups (broad SMARTS) is 1. The molecular formula is C13H16FIN2O3. The molecule has 1 aromatic rings. The zero-order valence-corrected chi connectivity index (χ0v) is 13.3. The second-order valence-corrected chi connectivity index (χ2v) is 5.45. The van der Waals surface area contributed by atoms with E-state index >= 15 is 0 Å². The minimum atomic E-state index is -0.958. The molecule has 0 heterocycles. The van der Waals surface area contributed by atoms with E-state index in [1.54, 1.807) is 13.8 Å². The molecular weight excluding hydrogens is 378 g/mol. The summed E-state index contributed by atoms with van der Waals surface area (Å²) < 4.78 is 13.6. The molecule has 2 N–H and O–H groups in total. The van der Waals surface area contributed by atoms with E-state index < -0.39 is 18.0 Å². The predicted octanol–water partition coefficient (Wildman–Crippen LogP) is 3.15. The Morgan fingerprint density at radius 2 is 2.15 bits per heavy atom. The molecule has 0 saturated heterocycles. The maximum absolute atomic E-state index is 13.0. The fraction of sp³-hybridized carbons (Fsp3) is 0.385. The number of aliphatic carboxylic acids is 1. The van der Waals surface area contributed by atoms with Gasteiger partial charge in [0.1, 0.15) is 5.82 Å². The summed E-state index contributed by atoms with van der Waals surface area (Å²) in [6, 6.07) is 3.23. The second kappa shape index (κ2) is 7.41. The Morgan fingerprint density at radius 1 is 1.50 bits per heavy atom. The third-order valence-electron chi connectivity index (χ3n) is 2.78. The molecule has 5 nitrogen and oxygen atoms in total. The van der Waals surface area contributed by atoms with Crippen LogP contribution in [0.5, 0.6) is 0 Å². The minimum absolute atomic E-state index is 0.123. The van der Waals surface area contributed by atoms with E-state index in [2.05, 4.69) is 5.32 Å². The normalized spacial score (nSPS) is 11.8. The molecule has 110 valence electrons. The molecule has 1 unspecified atom stereocenters. The number of nitrogens with one attached hydrogen (secondary N) is 1. The number of hydrogen-bond donors (Lipinski definition) is 2. The third kappa shape index (κ3) is 4.62. The van der Waals surface area contributed by atoms with Gasteiger partial charge < -0.3 is 15.3 Å². The second-order valence-electron chi connectivity index (χ2n) is 4.29. The highest BCUT2D eigenvalue weighted by Crippen LogP contribution is 2.20. The van der Waals surface area contributed by atoms with Gasteiger partial charge in [0.15, 0.2) is 0 Å². The van der Waals surface area contributed by atoms with Gasteiger partial charge in [0.05, 0.1) is 12.1 Å². The van der Waals surface area contributed by atoms with E-state index in [-0.39, 0.29) is 12.2 Å². The fourth-order valence-electron chi connectivity index (χ4n) is 1.80. The maximum atomic E-state index is 13.0. The molecule has 2 amide bonds. The summed E-state index contributed by atoms with van der Waals surface area (Å²) in [6.07, 6.45) is -0.123. The number of halogens is 2. The maximum Gasteiger partial charge on any atom is 0.322 e. The lowest BCUT2D eigenvalue weighted by atomic mass is 10.2. The van der Waals surface area contributed by atoms with Gasteiger partial charge in [0.25, 0.3) is 0 Å². The number of benzene rings is 1. The smallest absolute Gasteiger partial charge is 0.322 e. The topological polar surface area (TPSA) is 69.6 Å². The highest BCUT2D eigenvalue weighted by molar-refractivity contribution is 14.1. The van der Waals surface area contributed by atoms with Crippen molar-refractivity contribution >= 4 is 40.3 Å². The monoisotopic (exact) mass is 394 g/mol. The highest BCUT2D eigenvalue weighted by Gasteiger charge is 2.21. The van der Waals surface area contributed by atoms with E-state index in [0.717, 1.165) is 0 Å². The molecule has 1 atom stereocenters. The van der Waals surface area contributed by atoms with Crippen molar-refractivity contribution in [2.24, 2.45) is 0 Å². The molecule has 20 heavy (non-hydrogen) atoms. The molecule has 0 saturated carbocycles. The molecule has 0 aromatic heterocycles. The Balaban J connectivity index is 2.79. The van der Waals surface area contributed by atoms with Crippen LogP contribution < -0.4 is 5.32 Å². The Kier molecular flexibility index (Phi) is 6.18. The van der Waals surface area contributed by atoms with Gasteiger partial charge in [-0.1, -0.05) is 0 Å². The molecule has 0 radical (unpaired) electrons. The number of carbonyl (C=O) groups excluding carboxylic acids is 1. The number of carboxylic acids is 1. The summed E-state index contributed by atoms with van der Waals surface area (Å²) in [5, 5.41) is 11.4. The zero-order valence-electron chi connectivity index (χ0n) is 11.2. The molecule has 0 aliphatic carbocycles. The van der Waals surface area contributed by atoms with Crippen molar-refractivity contribution in [3.8, 4) is 0 Å². The molecule has 7 heteroatoms. The molecule has 0 spiro atoms. The predicted molar refractivity (Wildman–Crippen MR) is 82.2 cm³/mol. The van der Waals surface area contributed by atoms with Crippen molar-refractivity contribution in [1.29, 1.82) is 0 Å². The number of hydrogen-bond acceptors (Lipinski definition) is 2. The quantitative estimate of drug-likeness (QED) is 0.754. The first-order valence-corrected chi connectivity index (χ1v) is 7.17. The number of urea groups is 1. The Hall–Kier alpha value is -1.38. The average Bonchev–Trinajstić information content (AvgIpc) is 2.32.